The van der Waals surface area contributed by atoms with Gasteiger partial charge in [0.15, 0.2) is 0 Å². The molecule has 1 atom stereocenters. The minimum absolute atomic E-state index is 0.177. The molecule has 106 valence electrons. The molecule has 1 aromatic carbocycles. The zero-order valence-electron chi connectivity index (χ0n) is 11.7. The minimum Gasteiger partial charge on any atom is -0.375 e. The van der Waals surface area contributed by atoms with Gasteiger partial charge in [-0.1, -0.05) is 38.0 Å². The van der Waals surface area contributed by atoms with Gasteiger partial charge in [-0.05, 0) is 31.4 Å². The maximum atomic E-state index is 13.5. The number of hydrogen-bond donors (Lipinski definition) is 1. The van der Waals surface area contributed by atoms with Crippen LogP contribution in [0, 0.1) is 11.7 Å². The lowest BCUT2D eigenvalue weighted by Crippen LogP contribution is -2.39. The lowest BCUT2D eigenvalue weighted by Gasteiger charge is -2.24. The number of hydrogen-bond acceptors (Lipinski definition) is 2. The number of rotatable bonds is 7. The van der Waals surface area contributed by atoms with Crippen LogP contribution in [0.25, 0.3) is 0 Å². The first-order valence-electron chi connectivity index (χ1n) is 7.35. The monoisotopic (exact) mass is 265 g/mol. The molecule has 2 rings (SSSR count). The van der Waals surface area contributed by atoms with Crippen LogP contribution in [0.1, 0.15) is 38.2 Å². The van der Waals surface area contributed by atoms with Gasteiger partial charge in [0.1, 0.15) is 5.82 Å². The predicted octanol–water partition coefficient (Wildman–Crippen LogP) is 3.51. The highest BCUT2D eigenvalue weighted by Crippen LogP contribution is 2.28. The van der Waals surface area contributed by atoms with Gasteiger partial charge in [0.05, 0.1) is 13.2 Å². The zero-order valence-corrected chi connectivity index (χ0v) is 11.7. The van der Waals surface area contributed by atoms with E-state index in [1.165, 1.54) is 31.7 Å². The summed E-state index contributed by atoms with van der Waals surface area (Å²) in [6.45, 7) is 4.12. The van der Waals surface area contributed by atoms with Gasteiger partial charge in [-0.25, -0.2) is 4.39 Å². The smallest absolute Gasteiger partial charge is 0.128 e. The van der Waals surface area contributed by atoms with Crippen LogP contribution in [0.3, 0.4) is 0 Å². The molecule has 19 heavy (non-hydrogen) atoms. The molecule has 1 unspecified atom stereocenters. The largest absolute Gasteiger partial charge is 0.375 e. The molecule has 1 N–H and O–H groups in total. The Hall–Kier alpha value is -0.930. The SMILES string of the molecule is CCNC(COCc1ccccc1F)C1CCCC1. The first-order valence-corrected chi connectivity index (χ1v) is 7.35. The van der Waals surface area contributed by atoms with Crippen LogP contribution in [0.4, 0.5) is 4.39 Å². The second kappa shape index (κ2) is 7.61. The molecular formula is C16H24FNO. The van der Waals surface area contributed by atoms with E-state index in [1.807, 2.05) is 6.07 Å². The van der Waals surface area contributed by atoms with Crippen LogP contribution in [0.2, 0.25) is 0 Å². The molecule has 1 saturated carbocycles. The van der Waals surface area contributed by atoms with Crippen molar-refractivity contribution in [2.45, 2.75) is 45.3 Å². The van der Waals surface area contributed by atoms with Gasteiger partial charge in [0.2, 0.25) is 0 Å². The van der Waals surface area contributed by atoms with Gasteiger partial charge in [-0.2, -0.15) is 0 Å². The van der Waals surface area contributed by atoms with E-state index in [1.54, 1.807) is 12.1 Å². The van der Waals surface area contributed by atoms with Gasteiger partial charge in [0.25, 0.3) is 0 Å². The van der Waals surface area contributed by atoms with Crippen molar-refractivity contribution in [3.8, 4) is 0 Å². The summed E-state index contributed by atoms with van der Waals surface area (Å²) in [6, 6.07) is 7.24. The van der Waals surface area contributed by atoms with Crippen LogP contribution in [0.5, 0.6) is 0 Å². The summed E-state index contributed by atoms with van der Waals surface area (Å²) in [6.07, 6.45) is 5.25. The maximum Gasteiger partial charge on any atom is 0.128 e. The van der Waals surface area contributed by atoms with Crippen LogP contribution >= 0.6 is 0 Å². The van der Waals surface area contributed by atoms with E-state index in [0.717, 1.165) is 12.5 Å². The fraction of sp³-hybridized carbons (Fsp3) is 0.625. The van der Waals surface area contributed by atoms with Crippen molar-refractivity contribution < 1.29 is 9.13 Å². The maximum absolute atomic E-state index is 13.5. The Labute approximate surface area is 115 Å². The van der Waals surface area contributed by atoms with E-state index in [2.05, 4.69) is 12.2 Å². The Balaban J connectivity index is 1.80. The highest BCUT2D eigenvalue weighted by atomic mass is 19.1. The van der Waals surface area contributed by atoms with E-state index in [0.29, 0.717) is 24.8 Å². The first kappa shape index (κ1) is 14.5. The normalized spacial score (nSPS) is 17.8. The second-order valence-corrected chi connectivity index (χ2v) is 5.32. The van der Waals surface area contributed by atoms with E-state index in [-0.39, 0.29) is 5.82 Å². The molecule has 0 heterocycles. The third kappa shape index (κ3) is 4.29. The highest BCUT2D eigenvalue weighted by molar-refractivity contribution is 5.16. The molecule has 0 aliphatic heterocycles. The Bertz CT molecular complexity index is 377. The molecule has 1 aliphatic carbocycles. The third-order valence-corrected chi connectivity index (χ3v) is 3.95. The van der Waals surface area contributed by atoms with Crippen molar-refractivity contribution in [3.05, 3.63) is 35.6 Å². The van der Waals surface area contributed by atoms with Crippen LogP contribution in [0.15, 0.2) is 24.3 Å². The van der Waals surface area contributed by atoms with E-state index in [9.17, 15) is 4.39 Å². The molecule has 1 fully saturated rings. The summed E-state index contributed by atoms with van der Waals surface area (Å²) < 4.78 is 19.2. The molecule has 3 heteroatoms. The van der Waals surface area contributed by atoms with E-state index in [4.69, 9.17) is 4.74 Å². The van der Waals surface area contributed by atoms with Crippen molar-refractivity contribution in [3.63, 3.8) is 0 Å². The average molecular weight is 265 g/mol. The summed E-state index contributed by atoms with van der Waals surface area (Å²) in [5.41, 5.74) is 0.643. The molecule has 0 aromatic heterocycles. The number of nitrogens with one attached hydrogen (secondary N) is 1. The first-order chi connectivity index (χ1) is 9.31. The number of ether oxygens (including phenoxy) is 1. The fourth-order valence-electron chi connectivity index (χ4n) is 2.89. The fourth-order valence-corrected chi connectivity index (χ4v) is 2.89. The van der Waals surface area contributed by atoms with Crippen molar-refractivity contribution in [2.75, 3.05) is 13.2 Å². The Morgan fingerprint density at radius 1 is 1.32 bits per heavy atom. The van der Waals surface area contributed by atoms with Crippen molar-refractivity contribution in [2.24, 2.45) is 5.92 Å². The van der Waals surface area contributed by atoms with Gasteiger partial charge in [-0.3, -0.25) is 0 Å². The average Bonchev–Trinajstić information content (AvgIpc) is 2.94. The molecule has 1 aliphatic rings. The predicted molar refractivity (Wildman–Crippen MR) is 75.5 cm³/mol. The van der Waals surface area contributed by atoms with Crippen LogP contribution < -0.4 is 5.32 Å². The molecule has 0 bridgehead atoms. The summed E-state index contributed by atoms with van der Waals surface area (Å²) >= 11 is 0. The lowest BCUT2D eigenvalue weighted by molar-refractivity contribution is 0.0809. The second-order valence-electron chi connectivity index (χ2n) is 5.32. The lowest BCUT2D eigenvalue weighted by atomic mass is 9.99. The Kier molecular flexibility index (Phi) is 5.80. The Morgan fingerprint density at radius 3 is 2.74 bits per heavy atom. The number of halogens is 1. The number of likely N-dealkylation sites (N-methyl/N-ethyl adjacent to an activating group) is 1. The summed E-state index contributed by atoms with van der Waals surface area (Å²) in [5, 5.41) is 3.51. The standard InChI is InChI=1S/C16H24FNO/c1-2-18-16(13-7-3-4-8-13)12-19-11-14-9-5-6-10-15(14)17/h5-6,9-10,13,16,18H,2-4,7-8,11-12H2,1H3. The third-order valence-electron chi connectivity index (χ3n) is 3.95. The van der Waals surface area contributed by atoms with Gasteiger partial charge in [-0.15, -0.1) is 0 Å². The summed E-state index contributed by atoms with van der Waals surface area (Å²) in [4.78, 5) is 0. The highest BCUT2D eigenvalue weighted by Gasteiger charge is 2.24. The molecule has 1 aromatic rings. The van der Waals surface area contributed by atoms with Gasteiger partial charge in [0, 0.05) is 11.6 Å². The van der Waals surface area contributed by atoms with Crippen molar-refractivity contribution in [1.82, 2.24) is 5.32 Å². The Morgan fingerprint density at radius 2 is 2.05 bits per heavy atom. The topological polar surface area (TPSA) is 21.3 Å². The van der Waals surface area contributed by atoms with Crippen molar-refractivity contribution in [1.29, 1.82) is 0 Å². The number of benzene rings is 1. The molecule has 0 amide bonds. The minimum atomic E-state index is -0.177. The summed E-state index contributed by atoms with van der Waals surface area (Å²) in [7, 11) is 0. The van der Waals surface area contributed by atoms with E-state index < -0.39 is 0 Å². The van der Waals surface area contributed by atoms with Gasteiger partial charge < -0.3 is 10.1 Å². The quantitative estimate of drug-likeness (QED) is 0.814. The molecule has 2 nitrogen and oxygen atoms in total. The molecular weight excluding hydrogens is 241 g/mol. The van der Waals surface area contributed by atoms with Crippen LogP contribution in [-0.2, 0) is 11.3 Å². The van der Waals surface area contributed by atoms with Gasteiger partial charge >= 0.3 is 0 Å². The summed E-state index contributed by atoms with van der Waals surface area (Å²) in [5.74, 6) is 0.545. The van der Waals surface area contributed by atoms with Crippen molar-refractivity contribution >= 4 is 0 Å². The van der Waals surface area contributed by atoms with Crippen LogP contribution in [-0.4, -0.2) is 19.2 Å². The molecule has 0 radical (unpaired) electrons. The van der Waals surface area contributed by atoms with E-state index >= 15 is 0 Å². The molecule has 0 spiro atoms. The zero-order chi connectivity index (χ0) is 13.5. The molecule has 0 saturated heterocycles.